The predicted molar refractivity (Wildman–Crippen MR) is 88.9 cm³/mol. The molecule has 9 heteroatoms. The van der Waals surface area contributed by atoms with Gasteiger partial charge in [-0.1, -0.05) is 11.6 Å². The number of halogens is 3. The lowest BCUT2D eigenvalue weighted by Gasteiger charge is -2.15. The van der Waals surface area contributed by atoms with Crippen LogP contribution >= 0.6 is 11.6 Å². The van der Waals surface area contributed by atoms with Crippen molar-refractivity contribution in [1.82, 2.24) is 4.90 Å². The Morgan fingerprint density at radius 2 is 2.23 bits per heavy atom. The van der Waals surface area contributed by atoms with Crippen molar-refractivity contribution < 1.29 is 27.5 Å². The van der Waals surface area contributed by atoms with Crippen molar-refractivity contribution in [1.29, 1.82) is 0 Å². The number of alkyl halides is 2. The van der Waals surface area contributed by atoms with Crippen LogP contribution in [0, 0.1) is 5.92 Å². The number of nitrogens with zero attached hydrogens (tertiary/aromatic N) is 1. The summed E-state index contributed by atoms with van der Waals surface area (Å²) < 4.78 is 33.9. The van der Waals surface area contributed by atoms with Crippen molar-refractivity contribution in [2.45, 2.75) is 19.6 Å². The first-order valence-electron chi connectivity index (χ1n) is 7.78. The summed E-state index contributed by atoms with van der Waals surface area (Å²) in [6.07, 6.45) is 1.61. The Morgan fingerprint density at radius 3 is 2.88 bits per heavy atom. The van der Waals surface area contributed by atoms with Crippen molar-refractivity contribution in [2.24, 2.45) is 5.92 Å². The summed E-state index contributed by atoms with van der Waals surface area (Å²) in [7, 11) is 0. The Labute approximate surface area is 152 Å². The molecule has 3 rings (SSSR count). The third-order valence-corrected chi connectivity index (χ3v) is 4.22. The summed E-state index contributed by atoms with van der Waals surface area (Å²) in [5, 5.41) is 2.59. The molecule has 1 aromatic heterocycles. The standard InChI is InChI=1S/C17H15ClF2N2O4/c18-13-7-11(3-4-14(13)26-17(19)20)21-16(24)10-6-15(23)22(8-10)9-12-2-1-5-25-12/h1-5,7,10,17H,6,8-9H2,(H,21,24)/t10-/m1/s1. The van der Waals surface area contributed by atoms with Crippen LogP contribution in [-0.2, 0) is 16.1 Å². The summed E-state index contributed by atoms with van der Waals surface area (Å²) >= 11 is 5.86. The second-order valence-corrected chi connectivity index (χ2v) is 6.17. The molecular weight excluding hydrogens is 370 g/mol. The monoisotopic (exact) mass is 384 g/mol. The van der Waals surface area contributed by atoms with E-state index in [9.17, 15) is 18.4 Å². The number of hydrogen-bond acceptors (Lipinski definition) is 4. The van der Waals surface area contributed by atoms with Gasteiger partial charge in [-0.2, -0.15) is 8.78 Å². The molecule has 1 atom stereocenters. The largest absolute Gasteiger partial charge is 0.467 e. The molecule has 6 nitrogen and oxygen atoms in total. The van der Waals surface area contributed by atoms with E-state index in [0.717, 1.165) is 0 Å². The Balaban J connectivity index is 1.60. The topological polar surface area (TPSA) is 71.8 Å². The Kier molecular flexibility index (Phi) is 5.41. The molecule has 2 heterocycles. The first kappa shape index (κ1) is 18.2. The molecule has 1 aromatic carbocycles. The lowest BCUT2D eigenvalue weighted by Crippen LogP contribution is -2.27. The van der Waals surface area contributed by atoms with Crippen LogP contribution < -0.4 is 10.1 Å². The highest BCUT2D eigenvalue weighted by Crippen LogP contribution is 2.29. The normalized spacial score (nSPS) is 17.0. The quantitative estimate of drug-likeness (QED) is 0.827. The number of furan rings is 1. The maximum Gasteiger partial charge on any atom is 0.387 e. The van der Waals surface area contributed by atoms with E-state index < -0.39 is 12.5 Å². The van der Waals surface area contributed by atoms with Gasteiger partial charge in [-0.25, -0.2) is 0 Å². The first-order valence-corrected chi connectivity index (χ1v) is 8.15. The third-order valence-electron chi connectivity index (χ3n) is 3.93. The summed E-state index contributed by atoms with van der Waals surface area (Å²) in [6.45, 7) is -2.41. The van der Waals surface area contributed by atoms with Crippen LogP contribution in [0.3, 0.4) is 0 Å². The molecule has 0 bridgehead atoms. The average molecular weight is 385 g/mol. The van der Waals surface area contributed by atoms with E-state index in [4.69, 9.17) is 16.0 Å². The van der Waals surface area contributed by atoms with Gasteiger partial charge < -0.3 is 19.4 Å². The van der Waals surface area contributed by atoms with Crippen molar-refractivity contribution in [3.05, 3.63) is 47.4 Å². The van der Waals surface area contributed by atoms with E-state index in [1.807, 2.05) is 0 Å². The maximum atomic E-state index is 12.4. The number of nitrogens with one attached hydrogen (secondary N) is 1. The molecule has 138 valence electrons. The molecule has 0 aliphatic carbocycles. The zero-order valence-electron chi connectivity index (χ0n) is 13.5. The van der Waals surface area contributed by atoms with Gasteiger partial charge in [0.2, 0.25) is 11.8 Å². The Bertz CT molecular complexity index is 798. The van der Waals surface area contributed by atoms with Crippen LogP contribution in [0.15, 0.2) is 41.0 Å². The highest BCUT2D eigenvalue weighted by molar-refractivity contribution is 6.32. The van der Waals surface area contributed by atoms with Crippen molar-refractivity contribution in [3.8, 4) is 5.75 Å². The van der Waals surface area contributed by atoms with Gasteiger partial charge in [-0.15, -0.1) is 0 Å². The molecule has 1 fully saturated rings. The van der Waals surface area contributed by atoms with E-state index in [0.29, 0.717) is 18.0 Å². The summed E-state index contributed by atoms with van der Waals surface area (Å²) in [5.74, 6) is -0.548. The zero-order valence-corrected chi connectivity index (χ0v) is 14.2. The Hall–Kier alpha value is -2.61. The fraction of sp³-hybridized carbons (Fsp3) is 0.294. The second kappa shape index (κ2) is 7.74. The highest BCUT2D eigenvalue weighted by Gasteiger charge is 2.34. The zero-order chi connectivity index (χ0) is 18.7. The molecule has 2 aromatic rings. The summed E-state index contributed by atoms with van der Waals surface area (Å²) in [6, 6.07) is 7.44. The lowest BCUT2D eigenvalue weighted by atomic mass is 10.1. The molecule has 2 amide bonds. The molecule has 0 unspecified atom stereocenters. The van der Waals surface area contributed by atoms with Crippen molar-refractivity contribution in [3.63, 3.8) is 0 Å². The molecular formula is C17H15ClF2N2O4. The maximum absolute atomic E-state index is 12.4. The number of amides is 2. The lowest BCUT2D eigenvalue weighted by molar-refractivity contribution is -0.128. The van der Waals surface area contributed by atoms with Gasteiger partial charge in [0.1, 0.15) is 11.5 Å². The average Bonchev–Trinajstić information content (AvgIpc) is 3.20. The number of carbonyl (C=O) groups excluding carboxylic acids is 2. The molecule has 1 aliphatic rings. The van der Waals surface area contributed by atoms with E-state index in [2.05, 4.69) is 10.1 Å². The summed E-state index contributed by atoms with van der Waals surface area (Å²) in [4.78, 5) is 26.0. The minimum absolute atomic E-state index is 0.0509. The molecule has 0 radical (unpaired) electrons. The van der Waals surface area contributed by atoms with Gasteiger partial charge >= 0.3 is 6.61 Å². The fourth-order valence-corrected chi connectivity index (χ4v) is 2.93. The molecule has 0 spiro atoms. The highest BCUT2D eigenvalue weighted by atomic mass is 35.5. The van der Waals surface area contributed by atoms with Crippen LogP contribution in [0.4, 0.5) is 14.5 Å². The third kappa shape index (κ3) is 4.32. The van der Waals surface area contributed by atoms with E-state index in [1.165, 1.54) is 24.5 Å². The fourth-order valence-electron chi connectivity index (χ4n) is 2.71. The molecule has 26 heavy (non-hydrogen) atoms. The molecule has 1 aliphatic heterocycles. The van der Waals surface area contributed by atoms with Crippen molar-refractivity contribution >= 4 is 29.1 Å². The van der Waals surface area contributed by atoms with E-state index >= 15 is 0 Å². The van der Waals surface area contributed by atoms with Gasteiger partial charge in [0.05, 0.1) is 23.7 Å². The van der Waals surface area contributed by atoms with Gasteiger partial charge in [0.15, 0.2) is 0 Å². The van der Waals surface area contributed by atoms with Gasteiger partial charge in [0.25, 0.3) is 0 Å². The SMILES string of the molecule is O=C(Nc1ccc(OC(F)F)c(Cl)c1)[C@@H]1CC(=O)N(Cc2ccco2)C1. The summed E-state index contributed by atoms with van der Waals surface area (Å²) in [5.41, 5.74) is 0.332. The minimum Gasteiger partial charge on any atom is -0.467 e. The number of likely N-dealkylation sites (tertiary alicyclic amines) is 1. The van der Waals surface area contributed by atoms with E-state index in [1.54, 1.807) is 17.0 Å². The number of carbonyl (C=O) groups is 2. The van der Waals surface area contributed by atoms with Crippen LogP contribution in [0.2, 0.25) is 5.02 Å². The first-order chi connectivity index (χ1) is 12.4. The minimum atomic E-state index is -2.99. The smallest absolute Gasteiger partial charge is 0.387 e. The predicted octanol–water partition coefficient (Wildman–Crippen LogP) is 3.52. The van der Waals surface area contributed by atoms with Crippen molar-refractivity contribution in [2.75, 3.05) is 11.9 Å². The number of rotatable bonds is 6. The second-order valence-electron chi connectivity index (χ2n) is 5.77. The van der Waals surface area contributed by atoms with Crippen LogP contribution in [0.1, 0.15) is 12.2 Å². The molecule has 1 N–H and O–H groups in total. The van der Waals surface area contributed by atoms with Crippen LogP contribution in [-0.4, -0.2) is 29.9 Å². The van der Waals surface area contributed by atoms with Gasteiger partial charge in [0, 0.05) is 18.7 Å². The Morgan fingerprint density at radius 1 is 1.42 bits per heavy atom. The van der Waals surface area contributed by atoms with Gasteiger partial charge in [-0.3, -0.25) is 9.59 Å². The van der Waals surface area contributed by atoms with Gasteiger partial charge in [-0.05, 0) is 30.3 Å². The van der Waals surface area contributed by atoms with Crippen LogP contribution in [0.25, 0.3) is 0 Å². The molecule has 1 saturated heterocycles. The number of benzene rings is 1. The number of hydrogen-bond donors (Lipinski definition) is 1. The van der Waals surface area contributed by atoms with Crippen LogP contribution in [0.5, 0.6) is 5.75 Å². The van der Waals surface area contributed by atoms with E-state index in [-0.39, 0.29) is 35.6 Å². The number of ether oxygens (including phenoxy) is 1. The molecule has 0 saturated carbocycles. The number of anilines is 1.